The fourth-order valence-corrected chi connectivity index (χ4v) is 4.76. The first-order valence-corrected chi connectivity index (χ1v) is 12.3. The number of fused-ring (bicyclic) bond motifs is 1. The summed E-state index contributed by atoms with van der Waals surface area (Å²) in [6.45, 7) is 4.40. The smallest absolute Gasteiger partial charge is 0.333 e. The highest BCUT2D eigenvalue weighted by atomic mass is 32.2. The van der Waals surface area contributed by atoms with Gasteiger partial charge in [0, 0.05) is 37.4 Å². The lowest BCUT2D eigenvalue weighted by molar-refractivity contribution is -0.136. The number of benzene rings is 2. The van der Waals surface area contributed by atoms with Gasteiger partial charge in [-0.2, -0.15) is 0 Å². The number of methoxy groups -OCH3 is 1. The molecule has 1 heterocycles. The van der Waals surface area contributed by atoms with Gasteiger partial charge < -0.3 is 19.5 Å². The van der Waals surface area contributed by atoms with Crippen molar-refractivity contribution < 1.29 is 27.4 Å². The highest BCUT2D eigenvalue weighted by Crippen LogP contribution is 2.28. The van der Waals surface area contributed by atoms with Gasteiger partial charge in [-0.3, -0.25) is 0 Å². The Morgan fingerprint density at radius 2 is 1.88 bits per heavy atom. The number of hydrogen-bond acceptors (Lipinski definition) is 7. The van der Waals surface area contributed by atoms with Crippen LogP contribution in [0.25, 0.3) is 6.08 Å². The lowest BCUT2D eigenvalue weighted by Gasteiger charge is -2.11. The Hall–Kier alpha value is -2.84. The molecule has 0 saturated heterocycles. The zero-order valence-electron chi connectivity index (χ0n) is 18.4. The van der Waals surface area contributed by atoms with Crippen LogP contribution in [0.1, 0.15) is 30.9 Å². The minimum atomic E-state index is -3.57. The van der Waals surface area contributed by atoms with Crippen molar-refractivity contribution in [3.63, 3.8) is 0 Å². The zero-order valence-corrected chi connectivity index (χ0v) is 19.2. The Bertz CT molecular complexity index is 1060. The fourth-order valence-electron chi connectivity index (χ4n) is 3.38. The largest absolute Gasteiger partial charge is 0.494 e. The van der Waals surface area contributed by atoms with Gasteiger partial charge in [-0.15, -0.1) is 0 Å². The number of rotatable bonds is 10. The molecule has 7 nitrogen and oxygen atoms in total. The van der Waals surface area contributed by atoms with Gasteiger partial charge in [0.2, 0.25) is 0 Å². The van der Waals surface area contributed by atoms with Crippen molar-refractivity contribution in [2.24, 2.45) is 0 Å². The molecule has 0 saturated carbocycles. The molecule has 0 aromatic heterocycles. The molecule has 0 aliphatic carbocycles. The molecule has 2 aromatic rings. The third-order valence-electron chi connectivity index (χ3n) is 5.06. The number of carbonyl (C=O) groups is 1. The van der Waals surface area contributed by atoms with Gasteiger partial charge in [0.1, 0.15) is 5.75 Å². The molecule has 0 amide bonds. The molecule has 1 aliphatic rings. The summed E-state index contributed by atoms with van der Waals surface area (Å²) in [5, 5.41) is 3.22. The van der Waals surface area contributed by atoms with Crippen LogP contribution < -0.4 is 10.1 Å². The average Bonchev–Trinajstić information content (AvgIpc) is 3.01. The summed E-state index contributed by atoms with van der Waals surface area (Å²) in [6, 6.07) is 12.0. The van der Waals surface area contributed by atoms with Gasteiger partial charge >= 0.3 is 5.97 Å². The number of sulfone groups is 1. The molecule has 0 radical (unpaired) electrons. The van der Waals surface area contributed by atoms with E-state index >= 15 is 0 Å². The highest BCUT2D eigenvalue weighted by Gasteiger charge is 2.20. The van der Waals surface area contributed by atoms with Gasteiger partial charge in [0.05, 0.1) is 24.4 Å². The summed E-state index contributed by atoms with van der Waals surface area (Å²) in [6.07, 6.45) is 2.99. The van der Waals surface area contributed by atoms with Gasteiger partial charge in [0.25, 0.3) is 0 Å². The Morgan fingerprint density at radius 1 is 1.09 bits per heavy atom. The molecule has 0 atom stereocenters. The van der Waals surface area contributed by atoms with Crippen molar-refractivity contribution in [2.75, 3.05) is 38.8 Å². The first kappa shape index (κ1) is 23.8. The van der Waals surface area contributed by atoms with E-state index in [1.165, 1.54) is 7.11 Å². The Morgan fingerprint density at radius 3 is 2.59 bits per heavy atom. The molecule has 2 aromatic carbocycles. The maximum absolute atomic E-state index is 13.0. The van der Waals surface area contributed by atoms with E-state index in [1.54, 1.807) is 48.5 Å². The van der Waals surface area contributed by atoms with Crippen molar-refractivity contribution in [3.05, 3.63) is 59.2 Å². The number of anilines is 1. The van der Waals surface area contributed by atoms with E-state index < -0.39 is 15.8 Å². The van der Waals surface area contributed by atoms with Crippen LogP contribution in [0.4, 0.5) is 5.69 Å². The maximum atomic E-state index is 13.0. The minimum absolute atomic E-state index is 0.128. The van der Waals surface area contributed by atoms with Crippen LogP contribution in [0.15, 0.2) is 52.9 Å². The first-order chi connectivity index (χ1) is 15.4. The van der Waals surface area contributed by atoms with Crippen LogP contribution in [0.3, 0.4) is 0 Å². The minimum Gasteiger partial charge on any atom is -0.494 e. The molecule has 0 unspecified atom stereocenters. The zero-order chi connectivity index (χ0) is 23.0. The molecule has 0 fully saturated rings. The number of hydrogen-bond donors (Lipinski definition) is 1. The highest BCUT2D eigenvalue weighted by molar-refractivity contribution is 7.90. The topological polar surface area (TPSA) is 90.9 Å². The molecule has 0 spiro atoms. The second kappa shape index (κ2) is 11.2. The number of esters is 1. The van der Waals surface area contributed by atoms with E-state index in [-0.39, 0.29) is 10.6 Å². The molecule has 32 heavy (non-hydrogen) atoms. The summed E-state index contributed by atoms with van der Waals surface area (Å²) in [5.74, 6) is 0.157. The third-order valence-corrected chi connectivity index (χ3v) is 6.74. The van der Waals surface area contributed by atoms with Gasteiger partial charge in [-0.1, -0.05) is 12.1 Å². The monoisotopic (exact) mass is 459 g/mol. The van der Waals surface area contributed by atoms with E-state index in [0.717, 1.165) is 12.1 Å². The summed E-state index contributed by atoms with van der Waals surface area (Å²) in [4.78, 5) is 12.1. The number of ether oxygens (including phenoxy) is 3. The lowest BCUT2D eigenvalue weighted by atomic mass is 10.1. The molecule has 172 valence electrons. The molecular weight excluding hydrogens is 430 g/mol. The summed E-state index contributed by atoms with van der Waals surface area (Å²) >= 11 is 0. The molecule has 1 N–H and O–H groups in total. The summed E-state index contributed by atoms with van der Waals surface area (Å²) in [5.41, 5.74) is 2.61. The van der Waals surface area contributed by atoms with E-state index in [0.29, 0.717) is 55.2 Å². The van der Waals surface area contributed by atoms with Crippen LogP contribution in [0.2, 0.25) is 0 Å². The standard InChI is InChI=1S/C24H29NO6S/c1-3-30-13-4-14-31-21-7-5-18(6-8-21)17-32(27,28)22-9-10-23-20(16-22)15-19(11-12-25-23)24(26)29-2/h5-10,15-16,25H,3-4,11-14,17H2,1-2H3. The van der Waals surface area contributed by atoms with E-state index in [2.05, 4.69) is 5.32 Å². The van der Waals surface area contributed by atoms with Crippen LogP contribution >= 0.6 is 0 Å². The van der Waals surface area contributed by atoms with Gasteiger partial charge in [-0.25, -0.2) is 13.2 Å². The SMILES string of the molecule is CCOCCCOc1ccc(CS(=O)(=O)c2ccc3c(c2)C=C(C(=O)OC)CCN3)cc1. The predicted octanol–water partition coefficient (Wildman–Crippen LogP) is 3.84. The Balaban J connectivity index is 1.70. The van der Waals surface area contributed by atoms with Crippen LogP contribution in [0, 0.1) is 0 Å². The maximum Gasteiger partial charge on any atom is 0.333 e. The quantitative estimate of drug-likeness (QED) is 0.426. The van der Waals surface area contributed by atoms with Gasteiger partial charge in [-0.05, 0) is 60.9 Å². The molecule has 8 heteroatoms. The predicted molar refractivity (Wildman–Crippen MR) is 123 cm³/mol. The van der Waals surface area contributed by atoms with Crippen molar-refractivity contribution >= 4 is 27.6 Å². The second-order valence-corrected chi connectivity index (χ2v) is 9.38. The van der Waals surface area contributed by atoms with Crippen molar-refractivity contribution in [1.82, 2.24) is 0 Å². The van der Waals surface area contributed by atoms with Crippen molar-refractivity contribution in [2.45, 2.75) is 30.4 Å². The van der Waals surface area contributed by atoms with Gasteiger partial charge in [0.15, 0.2) is 9.84 Å². The Kier molecular flexibility index (Phi) is 8.30. The third kappa shape index (κ3) is 6.34. The second-order valence-electron chi connectivity index (χ2n) is 7.39. The summed E-state index contributed by atoms with van der Waals surface area (Å²) in [7, 11) is -2.24. The fraction of sp³-hybridized carbons (Fsp3) is 0.375. The lowest BCUT2D eigenvalue weighted by Crippen LogP contribution is -2.08. The number of carbonyl (C=O) groups excluding carboxylic acids is 1. The average molecular weight is 460 g/mol. The molecule has 3 rings (SSSR count). The number of nitrogens with one attached hydrogen (secondary N) is 1. The normalized spacial score (nSPS) is 13.4. The molecule has 0 bridgehead atoms. The van der Waals surface area contributed by atoms with E-state index in [4.69, 9.17) is 14.2 Å². The Labute approximate surface area is 189 Å². The molecule has 1 aliphatic heterocycles. The summed E-state index contributed by atoms with van der Waals surface area (Å²) < 4.78 is 41.8. The van der Waals surface area contributed by atoms with Crippen LogP contribution in [-0.4, -0.2) is 47.9 Å². The first-order valence-electron chi connectivity index (χ1n) is 10.6. The van der Waals surface area contributed by atoms with Crippen molar-refractivity contribution in [3.8, 4) is 5.75 Å². The van der Waals surface area contributed by atoms with Crippen LogP contribution in [0.5, 0.6) is 5.75 Å². The van der Waals surface area contributed by atoms with Crippen molar-refractivity contribution in [1.29, 1.82) is 0 Å². The van der Waals surface area contributed by atoms with Crippen LogP contribution in [-0.2, 0) is 29.9 Å². The van der Waals surface area contributed by atoms with E-state index in [9.17, 15) is 13.2 Å². The molecular formula is C24H29NO6S. The van der Waals surface area contributed by atoms with E-state index in [1.807, 2.05) is 6.92 Å².